The minimum Gasteiger partial charge on any atom is -0.480 e. The highest BCUT2D eigenvalue weighted by Gasteiger charge is 2.40. The van der Waals surface area contributed by atoms with Crippen molar-refractivity contribution >= 4 is 12.0 Å². The summed E-state index contributed by atoms with van der Waals surface area (Å²) in [6.45, 7) is 8.39. The molecule has 5 nitrogen and oxygen atoms in total. The number of carbonyl (C=O) groups is 2. The molecule has 1 aliphatic carbocycles. The number of hydrogen-bond donors (Lipinski definition) is 2. The minimum atomic E-state index is -1.14. The maximum atomic E-state index is 12.3. The molecule has 0 aromatic rings. The van der Waals surface area contributed by atoms with Crippen molar-refractivity contribution in [3.8, 4) is 0 Å². The third-order valence-electron chi connectivity index (χ3n) is 3.77. The molecular formula is C14H26N2O3. The van der Waals surface area contributed by atoms with Gasteiger partial charge in [0.2, 0.25) is 0 Å². The number of amides is 2. The predicted molar refractivity (Wildman–Crippen MR) is 74.0 cm³/mol. The van der Waals surface area contributed by atoms with Gasteiger partial charge in [-0.2, -0.15) is 0 Å². The largest absolute Gasteiger partial charge is 0.480 e. The fourth-order valence-corrected chi connectivity index (χ4v) is 2.24. The molecule has 1 rings (SSSR count). The monoisotopic (exact) mass is 270 g/mol. The highest BCUT2D eigenvalue weighted by Crippen LogP contribution is 2.28. The predicted octanol–water partition coefficient (Wildman–Crippen LogP) is 2.46. The molecule has 1 aliphatic rings. The second-order valence-corrected chi connectivity index (χ2v) is 5.80. The van der Waals surface area contributed by atoms with E-state index in [0.717, 1.165) is 12.8 Å². The van der Waals surface area contributed by atoms with Crippen LogP contribution in [-0.2, 0) is 4.79 Å². The SMILES string of the molecule is CCC(CC)(NC(=O)N(CC(C)C)C1CC1)C(=O)O. The topological polar surface area (TPSA) is 69.6 Å². The van der Waals surface area contributed by atoms with Crippen molar-refractivity contribution in [3.63, 3.8) is 0 Å². The van der Waals surface area contributed by atoms with E-state index in [9.17, 15) is 14.7 Å². The first-order chi connectivity index (χ1) is 8.86. The van der Waals surface area contributed by atoms with E-state index in [1.54, 1.807) is 18.7 Å². The lowest BCUT2D eigenvalue weighted by Crippen LogP contribution is -2.58. The van der Waals surface area contributed by atoms with E-state index >= 15 is 0 Å². The Morgan fingerprint density at radius 2 is 1.84 bits per heavy atom. The van der Waals surface area contributed by atoms with Crippen LogP contribution in [0, 0.1) is 5.92 Å². The minimum absolute atomic E-state index is 0.234. The van der Waals surface area contributed by atoms with E-state index in [1.165, 1.54) is 0 Å². The number of nitrogens with zero attached hydrogens (tertiary/aromatic N) is 1. The maximum Gasteiger partial charge on any atom is 0.329 e. The molecule has 0 heterocycles. The molecule has 0 saturated heterocycles. The number of carbonyl (C=O) groups excluding carboxylic acids is 1. The Morgan fingerprint density at radius 3 is 2.16 bits per heavy atom. The number of hydrogen-bond acceptors (Lipinski definition) is 2. The highest BCUT2D eigenvalue weighted by molar-refractivity contribution is 5.86. The maximum absolute atomic E-state index is 12.3. The Labute approximate surface area is 115 Å². The van der Waals surface area contributed by atoms with E-state index in [4.69, 9.17) is 0 Å². The zero-order valence-corrected chi connectivity index (χ0v) is 12.4. The van der Waals surface area contributed by atoms with Crippen molar-refractivity contribution in [1.82, 2.24) is 10.2 Å². The second-order valence-electron chi connectivity index (χ2n) is 5.80. The molecule has 0 unspecified atom stereocenters. The first-order valence-corrected chi connectivity index (χ1v) is 7.18. The standard InChI is InChI=1S/C14H26N2O3/c1-5-14(6-2,12(17)18)15-13(19)16(9-10(3)4)11-7-8-11/h10-11H,5-9H2,1-4H3,(H,15,19)(H,17,18). The molecule has 0 atom stereocenters. The molecule has 19 heavy (non-hydrogen) atoms. The van der Waals surface area contributed by atoms with Gasteiger partial charge < -0.3 is 15.3 Å². The molecule has 0 aliphatic heterocycles. The van der Waals surface area contributed by atoms with Gasteiger partial charge in [-0.3, -0.25) is 0 Å². The number of nitrogens with one attached hydrogen (secondary N) is 1. The van der Waals surface area contributed by atoms with Crippen LogP contribution in [0.5, 0.6) is 0 Å². The molecule has 0 aromatic heterocycles. The molecule has 1 fully saturated rings. The van der Waals surface area contributed by atoms with Gasteiger partial charge in [0.15, 0.2) is 0 Å². The van der Waals surface area contributed by atoms with Gasteiger partial charge in [0.1, 0.15) is 5.54 Å². The van der Waals surface area contributed by atoms with Gasteiger partial charge in [-0.05, 0) is 31.6 Å². The Kier molecular flexibility index (Phi) is 5.20. The van der Waals surface area contributed by atoms with E-state index < -0.39 is 11.5 Å². The van der Waals surface area contributed by atoms with Crippen molar-refractivity contribution in [2.45, 2.75) is 65.0 Å². The van der Waals surface area contributed by atoms with Crippen LogP contribution in [0.3, 0.4) is 0 Å². The first kappa shape index (κ1) is 15.8. The van der Waals surface area contributed by atoms with Crippen molar-refractivity contribution in [2.75, 3.05) is 6.54 Å². The summed E-state index contributed by atoms with van der Waals surface area (Å²) < 4.78 is 0. The van der Waals surface area contributed by atoms with E-state index in [-0.39, 0.29) is 6.03 Å². The Hall–Kier alpha value is -1.26. The van der Waals surface area contributed by atoms with Crippen LogP contribution in [0.15, 0.2) is 0 Å². The van der Waals surface area contributed by atoms with Gasteiger partial charge in [0, 0.05) is 12.6 Å². The average molecular weight is 270 g/mol. The summed E-state index contributed by atoms with van der Waals surface area (Å²) in [5.41, 5.74) is -1.14. The Morgan fingerprint density at radius 1 is 1.32 bits per heavy atom. The third kappa shape index (κ3) is 3.85. The van der Waals surface area contributed by atoms with Crippen molar-refractivity contribution in [3.05, 3.63) is 0 Å². The van der Waals surface area contributed by atoms with Crippen molar-refractivity contribution in [2.24, 2.45) is 5.92 Å². The summed E-state index contributed by atoms with van der Waals surface area (Å²) in [4.78, 5) is 25.6. The summed E-state index contributed by atoms with van der Waals surface area (Å²) in [7, 11) is 0. The lowest BCUT2D eigenvalue weighted by atomic mass is 9.93. The quantitative estimate of drug-likeness (QED) is 0.746. The molecule has 2 amide bonds. The lowest BCUT2D eigenvalue weighted by Gasteiger charge is -2.33. The van der Waals surface area contributed by atoms with E-state index in [0.29, 0.717) is 31.3 Å². The number of rotatable bonds is 7. The van der Waals surface area contributed by atoms with Gasteiger partial charge in [0.25, 0.3) is 0 Å². The highest BCUT2D eigenvalue weighted by atomic mass is 16.4. The van der Waals surface area contributed by atoms with Gasteiger partial charge in [0.05, 0.1) is 0 Å². The molecule has 1 saturated carbocycles. The van der Waals surface area contributed by atoms with Crippen molar-refractivity contribution < 1.29 is 14.7 Å². The molecule has 5 heteroatoms. The van der Waals surface area contributed by atoms with Gasteiger partial charge in [-0.25, -0.2) is 9.59 Å². The van der Waals surface area contributed by atoms with Crippen LogP contribution < -0.4 is 5.32 Å². The molecule has 2 N–H and O–H groups in total. The molecule has 0 aromatic carbocycles. The summed E-state index contributed by atoms with van der Waals surface area (Å²) in [5.74, 6) is -0.569. The first-order valence-electron chi connectivity index (χ1n) is 7.18. The third-order valence-corrected chi connectivity index (χ3v) is 3.77. The van der Waals surface area contributed by atoms with Gasteiger partial charge in [-0.1, -0.05) is 27.7 Å². The van der Waals surface area contributed by atoms with E-state index in [1.807, 2.05) is 0 Å². The van der Waals surface area contributed by atoms with Crippen LogP contribution in [0.4, 0.5) is 4.79 Å². The zero-order valence-electron chi connectivity index (χ0n) is 12.4. The fraction of sp³-hybridized carbons (Fsp3) is 0.857. The second kappa shape index (κ2) is 6.26. The lowest BCUT2D eigenvalue weighted by molar-refractivity contribution is -0.144. The smallest absolute Gasteiger partial charge is 0.329 e. The molecule has 0 bridgehead atoms. The normalized spacial score (nSPS) is 15.4. The van der Waals surface area contributed by atoms with Crippen molar-refractivity contribution in [1.29, 1.82) is 0 Å². The Bertz CT molecular complexity index is 334. The van der Waals surface area contributed by atoms with Gasteiger partial charge >= 0.3 is 12.0 Å². The van der Waals surface area contributed by atoms with Gasteiger partial charge in [-0.15, -0.1) is 0 Å². The summed E-state index contributed by atoms with van der Waals surface area (Å²) >= 11 is 0. The van der Waals surface area contributed by atoms with E-state index in [2.05, 4.69) is 19.2 Å². The van der Waals surface area contributed by atoms with Crippen LogP contribution in [-0.4, -0.2) is 40.1 Å². The Balaban J connectivity index is 2.76. The van der Waals surface area contributed by atoms with Crippen LogP contribution in [0.25, 0.3) is 0 Å². The molecule has 0 radical (unpaired) electrons. The molecule has 0 spiro atoms. The molecule has 110 valence electrons. The van der Waals surface area contributed by atoms with Crippen LogP contribution in [0.1, 0.15) is 53.4 Å². The summed E-state index contributed by atoms with van der Waals surface area (Å²) in [6.07, 6.45) is 2.84. The summed E-state index contributed by atoms with van der Waals surface area (Å²) in [6, 6.07) is 0.0601. The average Bonchev–Trinajstić information content (AvgIpc) is 3.16. The number of urea groups is 1. The fourth-order valence-electron chi connectivity index (χ4n) is 2.24. The number of carboxylic acids is 1. The summed E-state index contributed by atoms with van der Waals surface area (Å²) in [5, 5.41) is 12.1. The number of aliphatic carboxylic acids is 1. The molecular weight excluding hydrogens is 244 g/mol. The number of carboxylic acid groups (broad SMARTS) is 1. The van der Waals surface area contributed by atoms with Crippen LogP contribution >= 0.6 is 0 Å². The van der Waals surface area contributed by atoms with Crippen LogP contribution in [0.2, 0.25) is 0 Å². The zero-order chi connectivity index (χ0) is 14.6.